The van der Waals surface area contributed by atoms with Gasteiger partial charge >= 0.3 is 5.92 Å². The molecule has 1 aliphatic rings. The highest BCUT2D eigenvalue weighted by molar-refractivity contribution is 6.43. The molecule has 0 aromatic heterocycles. The predicted molar refractivity (Wildman–Crippen MR) is 104 cm³/mol. The summed E-state index contributed by atoms with van der Waals surface area (Å²) in [7, 11) is 1.20. The highest BCUT2D eigenvalue weighted by atomic mass is 19.3. The van der Waals surface area contributed by atoms with Gasteiger partial charge in [0.05, 0.1) is 11.7 Å². The first kappa shape index (κ1) is 23.2. The fourth-order valence-electron chi connectivity index (χ4n) is 2.52. The summed E-state index contributed by atoms with van der Waals surface area (Å²) in [6, 6.07) is 2.59. The van der Waals surface area contributed by atoms with Gasteiger partial charge in [0.25, 0.3) is 5.91 Å². The third-order valence-electron chi connectivity index (χ3n) is 4.26. The van der Waals surface area contributed by atoms with Crippen molar-refractivity contribution in [2.75, 3.05) is 20.3 Å². The molecule has 1 aromatic carbocycles. The van der Waals surface area contributed by atoms with Gasteiger partial charge in [-0.05, 0) is 31.2 Å². The second-order valence-corrected chi connectivity index (χ2v) is 6.43. The number of hydrogen-bond donors (Lipinski definition) is 2. The molecule has 0 fully saturated rings. The maximum atomic E-state index is 13.5. The van der Waals surface area contributed by atoms with E-state index in [0.717, 1.165) is 12.1 Å². The lowest BCUT2D eigenvalue weighted by molar-refractivity contribution is -0.114. The number of carbonyl (C=O) groups is 1. The highest BCUT2D eigenvalue weighted by Crippen LogP contribution is 2.20. The molecule has 1 atom stereocenters. The van der Waals surface area contributed by atoms with Gasteiger partial charge < -0.3 is 11.1 Å². The van der Waals surface area contributed by atoms with Crippen LogP contribution in [0.5, 0.6) is 0 Å². The summed E-state index contributed by atoms with van der Waals surface area (Å²) >= 11 is 0. The van der Waals surface area contributed by atoms with Crippen LogP contribution in [0.15, 0.2) is 44.9 Å². The number of benzene rings is 1. The molecule has 1 unspecified atom stereocenters. The van der Waals surface area contributed by atoms with E-state index in [1.165, 1.54) is 13.1 Å². The molecule has 0 saturated carbocycles. The third kappa shape index (κ3) is 5.49. The van der Waals surface area contributed by atoms with Gasteiger partial charge in [-0.3, -0.25) is 14.8 Å². The van der Waals surface area contributed by atoms with E-state index >= 15 is 0 Å². The van der Waals surface area contributed by atoms with Crippen molar-refractivity contribution in [2.24, 2.45) is 20.7 Å². The Hall–Kier alpha value is -3.11. The Morgan fingerprint density at radius 1 is 1.37 bits per heavy atom. The van der Waals surface area contributed by atoms with Crippen molar-refractivity contribution in [1.29, 1.82) is 0 Å². The minimum absolute atomic E-state index is 0.173. The zero-order valence-corrected chi connectivity index (χ0v) is 16.2. The number of amidine groups is 1. The number of nitrogens with one attached hydrogen (secondary N) is 1. The van der Waals surface area contributed by atoms with Crippen LogP contribution in [0.1, 0.15) is 18.9 Å². The zero-order chi connectivity index (χ0) is 22.5. The van der Waals surface area contributed by atoms with Gasteiger partial charge in [-0.1, -0.05) is 0 Å². The van der Waals surface area contributed by atoms with Crippen LogP contribution in [-0.4, -0.2) is 55.4 Å². The topological polar surface area (TPSA) is 92.2 Å². The van der Waals surface area contributed by atoms with Crippen molar-refractivity contribution in [1.82, 2.24) is 5.32 Å². The van der Waals surface area contributed by atoms with E-state index in [1.54, 1.807) is 6.92 Å². The van der Waals surface area contributed by atoms with Gasteiger partial charge in [0.15, 0.2) is 24.1 Å². The first-order chi connectivity index (χ1) is 14.1. The van der Waals surface area contributed by atoms with E-state index in [-0.39, 0.29) is 11.4 Å². The highest BCUT2D eigenvalue weighted by Gasteiger charge is 2.33. The normalized spacial score (nSPS) is 16.6. The number of allylic oxidation sites excluding steroid dienone is 1. The van der Waals surface area contributed by atoms with E-state index in [2.05, 4.69) is 20.3 Å². The molecule has 0 spiro atoms. The number of alkyl halides is 3. The second kappa shape index (κ2) is 9.59. The van der Waals surface area contributed by atoms with Gasteiger partial charge in [0, 0.05) is 31.3 Å². The van der Waals surface area contributed by atoms with Gasteiger partial charge in [-0.25, -0.2) is 18.2 Å². The van der Waals surface area contributed by atoms with E-state index in [9.17, 15) is 26.7 Å². The Morgan fingerprint density at radius 3 is 2.67 bits per heavy atom. The van der Waals surface area contributed by atoms with Crippen LogP contribution in [0.25, 0.3) is 0 Å². The van der Waals surface area contributed by atoms with Crippen LogP contribution in [0.2, 0.25) is 0 Å². The summed E-state index contributed by atoms with van der Waals surface area (Å²) in [4.78, 5) is 24.4. The minimum Gasteiger partial charge on any atom is -0.397 e. The van der Waals surface area contributed by atoms with Crippen LogP contribution in [0.4, 0.5) is 22.0 Å². The maximum absolute atomic E-state index is 13.5. The molecular formula is C19H20F5N5O. The largest absolute Gasteiger partial charge is 0.397 e. The number of nitrogens with two attached hydrogens (primary N) is 1. The predicted octanol–water partition coefficient (Wildman–Crippen LogP) is 2.58. The summed E-state index contributed by atoms with van der Waals surface area (Å²) < 4.78 is 65.5. The van der Waals surface area contributed by atoms with E-state index < -0.39 is 47.6 Å². The molecule has 0 bridgehead atoms. The molecule has 30 heavy (non-hydrogen) atoms. The quantitative estimate of drug-likeness (QED) is 0.515. The number of amides is 1. The van der Waals surface area contributed by atoms with E-state index in [1.807, 2.05) is 0 Å². The van der Waals surface area contributed by atoms with Crippen molar-refractivity contribution < 1.29 is 26.7 Å². The molecule has 1 heterocycles. The first-order valence-corrected chi connectivity index (χ1v) is 8.85. The van der Waals surface area contributed by atoms with Crippen LogP contribution in [-0.2, 0) is 4.79 Å². The standard InChI is InChI=1S/C19H20F5N5O/c1-10(28-18(30)15(26-2)8-16(25)19(23,24)9-20)14-5-6-27-17(29-14)11-3-4-12(21)13(22)7-11/h3-4,7-8,10H,5-6,9,25H2,1-2H3,(H,28,30)/b16-8-,26-15?. The van der Waals surface area contributed by atoms with Crippen LogP contribution in [0, 0.1) is 11.6 Å². The minimum atomic E-state index is -3.91. The van der Waals surface area contributed by atoms with E-state index in [4.69, 9.17) is 5.73 Å². The van der Waals surface area contributed by atoms with E-state index in [0.29, 0.717) is 24.8 Å². The molecular weight excluding hydrogens is 409 g/mol. The summed E-state index contributed by atoms with van der Waals surface area (Å²) in [6.45, 7) is -0.105. The van der Waals surface area contributed by atoms with Crippen molar-refractivity contribution in [3.05, 3.63) is 47.2 Å². The van der Waals surface area contributed by atoms with Crippen LogP contribution < -0.4 is 11.1 Å². The molecule has 6 nitrogen and oxygen atoms in total. The summed E-state index contributed by atoms with van der Waals surface area (Å²) in [5.41, 5.74) is 4.38. The van der Waals surface area contributed by atoms with Crippen molar-refractivity contribution in [2.45, 2.75) is 25.3 Å². The smallest absolute Gasteiger partial charge is 0.314 e. The fourth-order valence-corrected chi connectivity index (χ4v) is 2.52. The average molecular weight is 429 g/mol. The molecule has 1 aliphatic heterocycles. The number of rotatable bonds is 7. The second-order valence-electron chi connectivity index (χ2n) is 6.43. The monoisotopic (exact) mass is 429 g/mol. The van der Waals surface area contributed by atoms with Gasteiger partial charge in [0.1, 0.15) is 5.71 Å². The maximum Gasteiger partial charge on any atom is 0.314 e. The Morgan fingerprint density at radius 2 is 2.07 bits per heavy atom. The molecule has 3 N–H and O–H groups in total. The number of carbonyl (C=O) groups excluding carboxylic acids is 1. The summed E-state index contributed by atoms with van der Waals surface area (Å²) in [5.74, 6) is -6.60. The molecule has 2 rings (SSSR count). The number of hydrogen-bond acceptors (Lipinski definition) is 5. The number of halogens is 5. The van der Waals surface area contributed by atoms with Gasteiger partial charge in [-0.15, -0.1) is 0 Å². The molecule has 1 amide bonds. The Labute approximate surface area is 169 Å². The first-order valence-electron chi connectivity index (χ1n) is 8.85. The van der Waals surface area contributed by atoms with Crippen LogP contribution in [0.3, 0.4) is 0 Å². The Kier molecular flexibility index (Phi) is 7.41. The molecule has 0 radical (unpaired) electrons. The molecule has 1 aromatic rings. The molecule has 0 aliphatic carbocycles. The molecule has 162 valence electrons. The lowest BCUT2D eigenvalue weighted by Gasteiger charge is -2.20. The summed E-state index contributed by atoms with van der Waals surface area (Å²) in [6.07, 6.45) is 0.990. The van der Waals surface area contributed by atoms with Gasteiger partial charge in [-0.2, -0.15) is 8.78 Å². The van der Waals surface area contributed by atoms with Crippen LogP contribution >= 0.6 is 0 Å². The van der Waals surface area contributed by atoms with Gasteiger partial charge in [0.2, 0.25) is 0 Å². The number of nitrogens with zero attached hydrogens (tertiary/aromatic N) is 3. The summed E-state index contributed by atoms with van der Waals surface area (Å²) in [5, 5.41) is 2.54. The Balaban J connectivity index is 2.16. The van der Waals surface area contributed by atoms with Crippen molar-refractivity contribution in [3.8, 4) is 0 Å². The lowest BCUT2D eigenvalue weighted by Crippen LogP contribution is -2.43. The average Bonchev–Trinajstić information content (AvgIpc) is 2.73. The van der Waals surface area contributed by atoms with Crippen molar-refractivity contribution >= 4 is 23.2 Å². The fraction of sp³-hybridized carbons (Fsp3) is 0.368. The zero-order valence-electron chi connectivity index (χ0n) is 16.2. The Bertz CT molecular complexity index is 939. The van der Waals surface area contributed by atoms with Crippen molar-refractivity contribution in [3.63, 3.8) is 0 Å². The number of aliphatic imine (C=N–C) groups is 3. The third-order valence-corrected chi connectivity index (χ3v) is 4.26. The molecule has 11 heteroatoms. The SMILES string of the molecule is CN=C(/C=C(\N)C(F)(F)CF)C(=O)NC(C)C1=NC(c2ccc(F)c(F)c2)=NCC1. The molecule has 0 saturated heterocycles. The lowest BCUT2D eigenvalue weighted by atomic mass is 10.1.